The summed E-state index contributed by atoms with van der Waals surface area (Å²) in [5.41, 5.74) is -1.34. The molecule has 0 amide bonds. The molecule has 0 radical (unpaired) electrons. The largest absolute Gasteiger partial charge is 0.460 e. The lowest BCUT2D eigenvalue weighted by Crippen LogP contribution is -2.86. The van der Waals surface area contributed by atoms with Gasteiger partial charge in [0, 0.05) is 22.7 Å². The number of hydrogen-bond acceptors (Lipinski definition) is 5. The van der Waals surface area contributed by atoms with Crippen LogP contribution in [0.5, 0.6) is 0 Å². The monoisotopic (exact) mass is 376 g/mol. The fraction of sp³-hybridized carbons (Fsp3) is 0.818. The van der Waals surface area contributed by atoms with Gasteiger partial charge in [0.25, 0.3) is 0 Å². The van der Waals surface area contributed by atoms with Gasteiger partial charge in [0.2, 0.25) is 0 Å². The Labute approximate surface area is 161 Å². The maximum Gasteiger partial charge on any atom is 0.332 e. The number of ketones is 1. The van der Waals surface area contributed by atoms with Crippen molar-refractivity contribution in [3.05, 3.63) is 12.7 Å². The van der Waals surface area contributed by atoms with Crippen LogP contribution in [0, 0.1) is 39.4 Å². The molecule has 0 aromatic heterocycles. The molecule has 4 rings (SSSR count). The van der Waals surface area contributed by atoms with E-state index in [-0.39, 0.29) is 34.0 Å². The number of aliphatic hydroxyl groups is 2. The summed E-state index contributed by atoms with van der Waals surface area (Å²) in [4.78, 5) is 24.9. The first kappa shape index (κ1) is 19.1. The Balaban J connectivity index is 1.85. The average Bonchev–Trinajstić information content (AvgIpc) is 2.64. The van der Waals surface area contributed by atoms with Gasteiger partial charge >= 0.3 is 5.97 Å². The number of carbonyl (C=O) groups is 2. The van der Waals surface area contributed by atoms with Crippen LogP contribution in [0.25, 0.3) is 0 Å². The van der Waals surface area contributed by atoms with Crippen LogP contribution in [0.4, 0.5) is 0 Å². The van der Waals surface area contributed by atoms with Gasteiger partial charge in [-0.25, -0.2) is 4.79 Å². The van der Waals surface area contributed by atoms with Crippen molar-refractivity contribution in [2.24, 2.45) is 39.4 Å². The van der Waals surface area contributed by atoms with Gasteiger partial charge in [-0.05, 0) is 42.4 Å². The first-order valence-corrected chi connectivity index (χ1v) is 10.2. The van der Waals surface area contributed by atoms with Gasteiger partial charge in [0.05, 0.1) is 6.10 Å². The molecule has 2 unspecified atom stereocenters. The molecule has 5 nitrogen and oxygen atoms in total. The average molecular weight is 376 g/mol. The van der Waals surface area contributed by atoms with E-state index in [0.29, 0.717) is 18.6 Å². The fourth-order valence-corrected chi connectivity index (χ4v) is 8.04. The number of esters is 1. The van der Waals surface area contributed by atoms with E-state index in [0.717, 1.165) is 12.8 Å². The summed E-state index contributed by atoms with van der Waals surface area (Å²) in [5, 5.41) is 20.6. The molecule has 4 fully saturated rings. The maximum atomic E-state index is 12.9. The third-order valence-electron chi connectivity index (χ3n) is 9.62. The summed E-state index contributed by atoms with van der Waals surface area (Å²) >= 11 is 0. The van der Waals surface area contributed by atoms with Gasteiger partial charge in [-0.15, -0.1) is 6.58 Å². The fourth-order valence-electron chi connectivity index (χ4n) is 8.04. The standard InChI is InChI=1S/C22H32O5/c1-6-19(4)9-15(27-16(25)10-23)20(5)13(3)22-11-21(18(20)22,8-7-14(22)24)12(2)17(19)26/h6,12-13,15,17-18,23,26H,1,7-11H2,2-5H3/t12-,13?,15+,17-,18-,19+,20-,21+,22?/m0/s1. The van der Waals surface area contributed by atoms with Crippen LogP contribution in [0.2, 0.25) is 0 Å². The number of carbonyl (C=O) groups excluding carboxylic acids is 2. The lowest BCUT2D eigenvalue weighted by Gasteiger charge is -2.85. The SMILES string of the molecule is C=C[C@]1(C)C[C@@H](OC(=O)CO)[C@]2(C)C(C)C34C[C@@](CCC3=O)([C@@H]42)[C@@H](C)[C@@H]1O. The summed E-state index contributed by atoms with van der Waals surface area (Å²) in [6.07, 6.45) is 3.39. The van der Waals surface area contributed by atoms with Crippen molar-refractivity contribution in [3.63, 3.8) is 0 Å². The third kappa shape index (κ3) is 1.88. The molecule has 0 aliphatic heterocycles. The number of ether oxygens (including phenoxy) is 1. The topological polar surface area (TPSA) is 83.8 Å². The Hall–Kier alpha value is -1.20. The maximum absolute atomic E-state index is 12.9. The Bertz CT molecular complexity index is 717. The smallest absolute Gasteiger partial charge is 0.332 e. The molecule has 4 saturated carbocycles. The summed E-state index contributed by atoms with van der Waals surface area (Å²) in [6.45, 7) is 11.7. The van der Waals surface area contributed by atoms with E-state index in [4.69, 9.17) is 4.74 Å². The molecule has 0 saturated heterocycles. The summed E-state index contributed by atoms with van der Waals surface area (Å²) < 4.78 is 5.77. The van der Waals surface area contributed by atoms with E-state index >= 15 is 0 Å². The summed E-state index contributed by atoms with van der Waals surface area (Å²) in [7, 11) is 0. The van der Waals surface area contributed by atoms with Crippen LogP contribution in [0.15, 0.2) is 12.7 Å². The Morgan fingerprint density at radius 2 is 2.04 bits per heavy atom. The quantitative estimate of drug-likeness (QED) is 0.584. The van der Waals surface area contributed by atoms with E-state index in [1.165, 1.54) is 0 Å². The zero-order chi connectivity index (χ0) is 20.0. The Kier molecular flexibility index (Phi) is 3.86. The second-order valence-corrected chi connectivity index (χ2v) is 10.2. The van der Waals surface area contributed by atoms with Crippen molar-refractivity contribution in [1.29, 1.82) is 0 Å². The Morgan fingerprint density at radius 3 is 2.63 bits per heavy atom. The molecular weight excluding hydrogens is 344 g/mol. The van der Waals surface area contributed by atoms with Gasteiger partial charge < -0.3 is 14.9 Å². The van der Waals surface area contributed by atoms with Crippen LogP contribution in [-0.2, 0) is 14.3 Å². The number of aliphatic hydroxyl groups excluding tert-OH is 2. The predicted octanol–water partition coefficient (Wildman–Crippen LogP) is 2.50. The van der Waals surface area contributed by atoms with E-state index in [2.05, 4.69) is 27.4 Å². The highest BCUT2D eigenvalue weighted by molar-refractivity contribution is 5.91. The molecule has 2 spiro atoms. The molecule has 5 heteroatoms. The van der Waals surface area contributed by atoms with Crippen LogP contribution < -0.4 is 0 Å². The predicted molar refractivity (Wildman–Crippen MR) is 99.5 cm³/mol. The molecular formula is C22H32O5. The van der Waals surface area contributed by atoms with E-state index < -0.39 is 30.2 Å². The second kappa shape index (κ2) is 5.44. The highest BCUT2D eigenvalue weighted by atomic mass is 16.6. The molecule has 9 atom stereocenters. The third-order valence-corrected chi connectivity index (χ3v) is 9.62. The minimum Gasteiger partial charge on any atom is -0.460 e. The summed E-state index contributed by atoms with van der Waals surface area (Å²) in [5.74, 6) is -0.00434. The zero-order valence-corrected chi connectivity index (χ0v) is 16.8. The molecule has 4 aliphatic rings. The van der Waals surface area contributed by atoms with Crippen molar-refractivity contribution in [2.75, 3.05) is 6.61 Å². The minimum absolute atomic E-state index is 0.0491. The Morgan fingerprint density at radius 1 is 1.37 bits per heavy atom. The van der Waals surface area contributed by atoms with Gasteiger partial charge in [-0.1, -0.05) is 33.8 Å². The number of Topliss-reactive ketones (excluding diaryl/α,β-unsaturated/α-hetero) is 1. The molecule has 0 heterocycles. The van der Waals surface area contributed by atoms with Crippen LogP contribution in [0.1, 0.15) is 53.4 Å². The number of hydrogen-bond donors (Lipinski definition) is 2. The highest BCUT2D eigenvalue weighted by Gasteiger charge is 2.87. The van der Waals surface area contributed by atoms with Crippen LogP contribution in [-0.4, -0.2) is 40.8 Å². The van der Waals surface area contributed by atoms with Crippen molar-refractivity contribution in [3.8, 4) is 0 Å². The molecule has 4 aliphatic carbocycles. The van der Waals surface area contributed by atoms with Gasteiger partial charge in [0.1, 0.15) is 18.5 Å². The summed E-state index contributed by atoms with van der Waals surface area (Å²) in [6, 6.07) is 0. The van der Waals surface area contributed by atoms with Crippen molar-refractivity contribution >= 4 is 11.8 Å². The second-order valence-electron chi connectivity index (χ2n) is 10.2. The van der Waals surface area contributed by atoms with Gasteiger partial charge in [-0.2, -0.15) is 0 Å². The highest BCUT2D eigenvalue weighted by Crippen LogP contribution is 2.87. The van der Waals surface area contributed by atoms with E-state index in [1.807, 2.05) is 6.92 Å². The molecule has 0 aromatic rings. The molecule has 2 bridgehead atoms. The molecule has 27 heavy (non-hydrogen) atoms. The first-order valence-electron chi connectivity index (χ1n) is 10.2. The van der Waals surface area contributed by atoms with Crippen molar-refractivity contribution < 1.29 is 24.5 Å². The molecule has 2 N–H and O–H groups in total. The normalized spacial score (nSPS) is 55.9. The number of rotatable bonds is 3. The van der Waals surface area contributed by atoms with E-state index in [1.54, 1.807) is 6.08 Å². The van der Waals surface area contributed by atoms with Crippen LogP contribution >= 0.6 is 0 Å². The lowest BCUT2D eigenvalue weighted by molar-refractivity contribution is -0.379. The van der Waals surface area contributed by atoms with Crippen LogP contribution in [0.3, 0.4) is 0 Å². The van der Waals surface area contributed by atoms with E-state index in [9.17, 15) is 19.8 Å². The minimum atomic E-state index is -0.662. The van der Waals surface area contributed by atoms with Crippen molar-refractivity contribution in [2.45, 2.75) is 65.6 Å². The van der Waals surface area contributed by atoms with Gasteiger partial charge in [0.15, 0.2) is 0 Å². The molecule has 0 aromatic carbocycles. The van der Waals surface area contributed by atoms with Gasteiger partial charge in [-0.3, -0.25) is 4.79 Å². The lowest BCUT2D eigenvalue weighted by atomic mass is 9.17. The van der Waals surface area contributed by atoms with Crippen molar-refractivity contribution in [1.82, 2.24) is 0 Å². The zero-order valence-electron chi connectivity index (χ0n) is 16.8. The molecule has 150 valence electrons. The first-order chi connectivity index (χ1) is 12.5.